The average molecular weight is 318 g/mol. The number of pyridine rings is 1. The Morgan fingerprint density at radius 1 is 1.39 bits per heavy atom. The third-order valence-electron chi connectivity index (χ3n) is 3.78. The molecule has 124 valence electrons. The number of hydrogen-bond acceptors (Lipinski definition) is 4. The molecule has 0 aliphatic carbocycles. The number of hydrogen-bond donors (Lipinski definition) is 2. The van der Waals surface area contributed by atoms with Gasteiger partial charge in [-0.05, 0) is 37.5 Å². The average Bonchev–Trinajstić information content (AvgIpc) is 2.74. The topological polar surface area (TPSA) is 91.4 Å². The Hall–Kier alpha value is -2.44. The molecule has 7 heteroatoms. The Balaban J connectivity index is 1.88. The fraction of sp³-hybridized carbons (Fsp3) is 0.500. The van der Waals surface area contributed by atoms with Crippen molar-refractivity contribution >= 4 is 17.8 Å². The Morgan fingerprint density at radius 3 is 2.78 bits per heavy atom. The van der Waals surface area contributed by atoms with Crippen LogP contribution in [-0.2, 0) is 16.1 Å². The van der Waals surface area contributed by atoms with E-state index in [1.807, 2.05) is 26.8 Å². The summed E-state index contributed by atoms with van der Waals surface area (Å²) in [6.45, 7) is 6.48. The molecule has 0 aromatic carbocycles. The summed E-state index contributed by atoms with van der Waals surface area (Å²) in [5, 5.41) is 5.32. The molecule has 0 saturated carbocycles. The molecule has 2 heterocycles. The highest BCUT2D eigenvalue weighted by atomic mass is 16.2. The number of nitrogens with zero attached hydrogens (tertiary/aromatic N) is 2. The van der Waals surface area contributed by atoms with Gasteiger partial charge in [0.1, 0.15) is 6.04 Å². The Labute approximate surface area is 135 Å². The van der Waals surface area contributed by atoms with Crippen LogP contribution in [0.2, 0.25) is 0 Å². The van der Waals surface area contributed by atoms with Gasteiger partial charge in [-0.2, -0.15) is 0 Å². The summed E-state index contributed by atoms with van der Waals surface area (Å²) in [7, 11) is 0. The number of nitrogens with one attached hydrogen (secondary N) is 2. The molecule has 1 atom stereocenters. The number of carbonyl (C=O) groups excluding carboxylic acids is 3. The van der Waals surface area contributed by atoms with Gasteiger partial charge in [0.2, 0.25) is 5.91 Å². The number of rotatable bonds is 6. The lowest BCUT2D eigenvalue weighted by Gasteiger charge is -2.12. The van der Waals surface area contributed by atoms with Crippen LogP contribution in [0.3, 0.4) is 0 Å². The summed E-state index contributed by atoms with van der Waals surface area (Å²) in [5.41, 5.74) is 2.91. The van der Waals surface area contributed by atoms with Gasteiger partial charge in [-0.3, -0.25) is 19.5 Å². The van der Waals surface area contributed by atoms with Gasteiger partial charge in [0, 0.05) is 25.0 Å². The van der Waals surface area contributed by atoms with E-state index in [4.69, 9.17) is 0 Å². The van der Waals surface area contributed by atoms with E-state index in [0.717, 1.165) is 21.7 Å². The van der Waals surface area contributed by atoms with Crippen molar-refractivity contribution in [1.29, 1.82) is 0 Å². The van der Waals surface area contributed by atoms with Gasteiger partial charge in [0.05, 0.1) is 6.42 Å². The predicted octanol–water partition coefficient (Wildman–Crippen LogP) is 1.04. The predicted molar refractivity (Wildman–Crippen MR) is 84.5 cm³/mol. The van der Waals surface area contributed by atoms with Gasteiger partial charge in [-0.1, -0.05) is 6.92 Å². The molecule has 1 aromatic rings. The third kappa shape index (κ3) is 4.06. The summed E-state index contributed by atoms with van der Waals surface area (Å²) in [6, 6.07) is 0.754. The molecule has 0 bridgehead atoms. The number of urea groups is 1. The molecule has 1 saturated heterocycles. The van der Waals surface area contributed by atoms with Gasteiger partial charge in [0.15, 0.2) is 0 Å². The van der Waals surface area contributed by atoms with Crippen LogP contribution >= 0.6 is 0 Å². The summed E-state index contributed by atoms with van der Waals surface area (Å²) in [4.78, 5) is 41.1. The van der Waals surface area contributed by atoms with Crippen LogP contribution in [0.25, 0.3) is 0 Å². The van der Waals surface area contributed by atoms with Gasteiger partial charge < -0.3 is 10.6 Å². The zero-order chi connectivity index (χ0) is 17.0. The largest absolute Gasteiger partial charge is 0.352 e. The van der Waals surface area contributed by atoms with Crippen molar-refractivity contribution in [2.75, 3.05) is 6.54 Å². The minimum absolute atomic E-state index is 0.0525. The van der Waals surface area contributed by atoms with E-state index in [1.165, 1.54) is 0 Å². The first-order chi connectivity index (χ1) is 10.9. The van der Waals surface area contributed by atoms with Crippen LogP contribution in [0.5, 0.6) is 0 Å². The zero-order valence-electron chi connectivity index (χ0n) is 13.7. The van der Waals surface area contributed by atoms with Crippen LogP contribution in [0, 0.1) is 13.8 Å². The molecule has 0 radical (unpaired) electrons. The van der Waals surface area contributed by atoms with E-state index in [9.17, 15) is 14.4 Å². The van der Waals surface area contributed by atoms with Gasteiger partial charge in [-0.15, -0.1) is 0 Å². The molecule has 7 nitrogen and oxygen atoms in total. The van der Waals surface area contributed by atoms with Crippen LogP contribution in [0.1, 0.15) is 36.6 Å². The van der Waals surface area contributed by atoms with E-state index in [0.29, 0.717) is 19.5 Å². The van der Waals surface area contributed by atoms with Crippen molar-refractivity contribution in [3.05, 3.63) is 29.1 Å². The fourth-order valence-electron chi connectivity index (χ4n) is 2.51. The number of aromatic nitrogens is 1. The molecule has 2 rings (SSSR count). The molecule has 1 aliphatic heterocycles. The lowest BCUT2D eigenvalue weighted by Crippen LogP contribution is -2.36. The second-order valence-corrected chi connectivity index (χ2v) is 5.72. The first-order valence-corrected chi connectivity index (χ1v) is 7.73. The van der Waals surface area contributed by atoms with E-state index in [1.54, 1.807) is 6.20 Å². The van der Waals surface area contributed by atoms with E-state index < -0.39 is 12.1 Å². The maximum absolute atomic E-state index is 12.1. The lowest BCUT2D eigenvalue weighted by atomic mass is 10.1. The van der Waals surface area contributed by atoms with Crippen LogP contribution in [-0.4, -0.2) is 40.3 Å². The summed E-state index contributed by atoms with van der Waals surface area (Å²) in [6.07, 6.45) is 2.37. The Kier molecular flexibility index (Phi) is 5.31. The maximum Gasteiger partial charge on any atom is 0.324 e. The number of imide groups is 1. The van der Waals surface area contributed by atoms with Crippen molar-refractivity contribution in [2.24, 2.45) is 0 Å². The summed E-state index contributed by atoms with van der Waals surface area (Å²) < 4.78 is 0. The smallest absolute Gasteiger partial charge is 0.324 e. The molecular formula is C16H22N4O3. The first kappa shape index (κ1) is 16.9. The highest BCUT2D eigenvalue weighted by Gasteiger charge is 2.38. The molecule has 1 aliphatic rings. The molecular weight excluding hydrogens is 296 g/mol. The quantitative estimate of drug-likeness (QED) is 0.767. The van der Waals surface area contributed by atoms with Gasteiger partial charge in [-0.25, -0.2) is 4.79 Å². The van der Waals surface area contributed by atoms with Crippen molar-refractivity contribution < 1.29 is 14.4 Å². The molecule has 23 heavy (non-hydrogen) atoms. The van der Waals surface area contributed by atoms with Crippen molar-refractivity contribution in [3.63, 3.8) is 0 Å². The van der Waals surface area contributed by atoms with Crippen molar-refractivity contribution in [2.45, 2.75) is 46.2 Å². The molecule has 1 fully saturated rings. The molecule has 1 aromatic heterocycles. The first-order valence-electron chi connectivity index (χ1n) is 7.73. The van der Waals surface area contributed by atoms with E-state index in [-0.39, 0.29) is 18.2 Å². The van der Waals surface area contributed by atoms with Crippen molar-refractivity contribution in [1.82, 2.24) is 20.5 Å². The summed E-state index contributed by atoms with van der Waals surface area (Å²) in [5.74, 6) is -0.609. The SMILES string of the molecule is CCCN1C(=O)NC(CC(=O)NCc2cnc(C)cc2C)C1=O. The Morgan fingerprint density at radius 2 is 2.13 bits per heavy atom. The highest BCUT2D eigenvalue weighted by Crippen LogP contribution is 2.11. The van der Waals surface area contributed by atoms with E-state index in [2.05, 4.69) is 15.6 Å². The molecule has 4 amide bonds. The summed E-state index contributed by atoms with van der Waals surface area (Å²) >= 11 is 0. The van der Waals surface area contributed by atoms with Crippen LogP contribution in [0.4, 0.5) is 4.79 Å². The Bertz CT molecular complexity index is 630. The van der Waals surface area contributed by atoms with Crippen LogP contribution in [0.15, 0.2) is 12.3 Å². The minimum Gasteiger partial charge on any atom is -0.352 e. The minimum atomic E-state index is -0.772. The van der Waals surface area contributed by atoms with Crippen molar-refractivity contribution in [3.8, 4) is 0 Å². The van der Waals surface area contributed by atoms with E-state index >= 15 is 0 Å². The maximum atomic E-state index is 12.1. The number of aryl methyl sites for hydroxylation is 2. The number of amides is 4. The normalized spacial score (nSPS) is 17.3. The monoisotopic (exact) mass is 318 g/mol. The zero-order valence-corrected chi connectivity index (χ0v) is 13.7. The fourth-order valence-corrected chi connectivity index (χ4v) is 2.51. The second kappa shape index (κ2) is 7.21. The standard InChI is InChI=1S/C16H22N4O3/c1-4-5-20-15(22)13(19-16(20)23)7-14(21)18-9-12-8-17-11(3)6-10(12)2/h6,8,13H,4-5,7,9H2,1-3H3,(H,18,21)(H,19,23). The van der Waals surface area contributed by atoms with Crippen LogP contribution < -0.4 is 10.6 Å². The highest BCUT2D eigenvalue weighted by molar-refractivity contribution is 6.05. The number of carbonyl (C=O) groups is 3. The van der Waals surface area contributed by atoms with Gasteiger partial charge >= 0.3 is 6.03 Å². The molecule has 0 spiro atoms. The molecule has 1 unspecified atom stereocenters. The molecule has 2 N–H and O–H groups in total. The second-order valence-electron chi connectivity index (χ2n) is 5.72. The third-order valence-corrected chi connectivity index (χ3v) is 3.78. The lowest BCUT2D eigenvalue weighted by molar-refractivity contribution is -0.130. The van der Waals surface area contributed by atoms with Gasteiger partial charge in [0.25, 0.3) is 5.91 Å².